The van der Waals surface area contributed by atoms with E-state index in [4.69, 9.17) is 0 Å². The van der Waals surface area contributed by atoms with Gasteiger partial charge in [-0.15, -0.1) is 0 Å². The predicted molar refractivity (Wildman–Crippen MR) is 76.8 cm³/mol. The molecule has 1 amide bonds. The molecule has 1 aromatic heterocycles. The van der Waals surface area contributed by atoms with Crippen molar-refractivity contribution in [2.75, 3.05) is 11.1 Å². The van der Waals surface area contributed by atoms with Crippen LogP contribution in [0.4, 0.5) is 5.69 Å². The zero-order chi connectivity index (χ0) is 14.4. The summed E-state index contributed by atoms with van der Waals surface area (Å²) < 4.78 is 23.8. The fourth-order valence-corrected chi connectivity index (χ4v) is 2.99. The molecule has 2 rings (SSSR count). The average Bonchev–Trinajstić information content (AvgIpc) is 2.39. The number of hydrogen-bond donors (Lipinski definition) is 1. The summed E-state index contributed by atoms with van der Waals surface area (Å²) in [6, 6.07) is 12.1. The number of nitrogens with one attached hydrogen (secondary N) is 1. The Morgan fingerprint density at radius 3 is 2.50 bits per heavy atom. The van der Waals surface area contributed by atoms with Gasteiger partial charge in [-0.1, -0.05) is 30.3 Å². The standard InChI is InChI=1S/C14H14N2O3S/c17-14(16-13-7-4-8-15-9-13)11-20(18,19)10-12-5-2-1-3-6-12/h1-9H,10-11H2,(H,16,17). The van der Waals surface area contributed by atoms with Gasteiger partial charge in [0.05, 0.1) is 17.6 Å². The van der Waals surface area contributed by atoms with Crippen molar-refractivity contribution in [2.45, 2.75) is 5.75 Å². The molecule has 0 bridgehead atoms. The first-order chi connectivity index (χ1) is 9.55. The molecule has 2 aromatic rings. The molecule has 104 valence electrons. The molecule has 0 saturated heterocycles. The number of carbonyl (C=O) groups is 1. The minimum absolute atomic E-state index is 0.145. The second-order valence-corrected chi connectivity index (χ2v) is 6.37. The fraction of sp³-hybridized carbons (Fsp3) is 0.143. The van der Waals surface area contributed by atoms with Crippen LogP contribution >= 0.6 is 0 Å². The highest BCUT2D eigenvalue weighted by molar-refractivity contribution is 7.91. The molecule has 5 nitrogen and oxygen atoms in total. The molecule has 6 heteroatoms. The Morgan fingerprint density at radius 2 is 1.85 bits per heavy atom. The number of hydrogen-bond acceptors (Lipinski definition) is 4. The van der Waals surface area contributed by atoms with Gasteiger partial charge in [-0.25, -0.2) is 8.42 Å². The minimum Gasteiger partial charge on any atom is -0.324 e. The van der Waals surface area contributed by atoms with E-state index in [2.05, 4.69) is 10.3 Å². The van der Waals surface area contributed by atoms with Crippen LogP contribution in [0.15, 0.2) is 54.9 Å². The second-order valence-electron chi connectivity index (χ2n) is 4.31. The first-order valence-corrected chi connectivity index (χ1v) is 7.81. The Hall–Kier alpha value is -2.21. The van der Waals surface area contributed by atoms with E-state index in [1.807, 2.05) is 6.07 Å². The molecule has 20 heavy (non-hydrogen) atoms. The highest BCUT2D eigenvalue weighted by atomic mass is 32.2. The lowest BCUT2D eigenvalue weighted by atomic mass is 10.2. The van der Waals surface area contributed by atoms with Gasteiger partial charge in [0.1, 0.15) is 5.75 Å². The van der Waals surface area contributed by atoms with Crippen molar-refractivity contribution < 1.29 is 13.2 Å². The molecular weight excluding hydrogens is 276 g/mol. The zero-order valence-corrected chi connectivity index (χ0v) is 11.5. The van der Waals surface area contributed by atoms with Crippen molar-refractivity contribution in [1.29, 1.82) is 0 Å². The molecule has 1 heterocycles. The SMILES string of the molecule is O=C(CS(=O)(=O)Cc1ccccc1)Nc1cccnc1. The summed E-state index contributed by atoms with van der Waals surface area (Å²) in [7, 11) is -3.49. The molecule has 0 fully saturated rings. The number of anilines is 1. The Labute approximate surface area is 117 Å². The number of rotatable bonds is 5. The van der Waals surface area contributed by atoms with Crippen molar-refractivity contribution in [1.82, 2.24) is 4.98 Å². The van der Waals surface area contributed by atoms with Gasteiger partial charge in [0.25, 0.3) is 0 Å². The van der Waals surface area contributed by atoms with Crippen LogP contribution in [0.5, 0.6) is 0 Å². The molecule has 0 radical (unpaired) electrons. The number of carbonyl (C=O) groups excluding carboxylic acids is 1. The normalized spacial score (nSPS) is 11.0. The summed E-state index contributed by atoms with van der Waals surface area (Å²) in [4.78, 5) is 15.5. The lowest BCUT2D eigenvalue weighted by molar-refractivity contribution is -0.113. The Bertz CT molecular complexity index is 670. The summed E-state index contributed by atoms with van der Waals surface area (Å²) in [5.74, 6) is -1.25. The molecule has 0 spiro atoms. The van der Waals surface area contributed by atoms with Crippen molar-refractivity contribution in [3.05, 3.63) is 60.4 Å². The Kier molecular flexibility index (Phi) is 4.47. The Balaban J connectivity index is 1.96. The van der Waals surface area contributed by atoms with Crippen LogP contribution in [0.25, 0.3) is 0 Å². The highest BCUT2D eigenvalue weighted by Gasteiger charge is 2.17. The van der Waals surface area contributed by atoms with Crippen LogP contribution in [0.3, 0.4) is 0 Å². The maximum Gasteiger partial charge on any atom is 0.239 e. The maximum absolute atomic E-state index is 11.9. The summed E-state index contributed by atoms with van der Waals surface area (Å²) in [6.07, 6.45) is 3.03. The number of amides is 1. The quantitative estimate of drug-likeness (QED) is 0.908. The first-order valence-electron chi connectivity index (χ1n) is 5.99. The molecule has 0 saturated carbocycles. The molecule has 0 aliphatic heterocycles. The van der Waals surface area contributed by atoms with Crippen LogP contribution in [-0.4, -0.2) is 25.1 Å². The predicted octanol–water partition coefficient (Wildman–Crippen LogP) is 1.64. The van der Waals surface area contributed by atoms with E-state index in [1.165, 1.54) is 6.20 Å². The number of pyridine rings is 1. The number of aromatic nitrogens is 1. The third-order valence-electron chi connectivity index (χ3n) is 2.53. The van der Waals surface area contributed by atoms with Gasteiger partial charge in [-0.3, -0.25) is 9.78 Å². The lowest BCUT2D eigenvalue weighted by Crippen LogP contribution is -2.23. The lowest BCUT2D eigenvalue weighted by Gasteiger charge is -2.06. The summed E-state index contributed by atoms with van der Waals surface area (Å²) in [5, 5.41) is 2.50. The third kappa shape index (κ3) is 4.47. The fourth-order valence-electron chi connectivity index (χ4n) is 1.71. The smallest absolute Gasteiger partial charge is 0.239 e. The van der Waals surface area contributed by atoms with E-state index >= 15 is 0 Å². The first kappa shape index (κ1) is 14.2. The van der Waals surface area contributed by atoms with E-state index in [9.17, 15) is 13.2 Å². The van der Waals surface area contributed by atoms with Crippen LogP contribution in [0.2, 0.25) is 0 Å². The van der Waals surface area contributed by atoms with E-state index in [0.717, 1.165) is 0 Å². The van der Waals surface area contributed by atoms with E-state index < -0.39 is 21.5 Å². The van der Waals surface area contributed by atoms with Gasteiger partial charge in [0.2, 0.25) is 5.91 Å². The maximum atomic E-state index is 11.9. The van der Waals surface area contributed by atoms with Crippen molar-refractivity contribution >= 4 is 21.4 Å². The van der Waals surface area contributed by atoms with Crippen LogP contribution in [-0.2, 0) is 20.4 Å². The van der Waals surface area contributed by atoms with Gasteiger partial charge in [-0.2, -0.15) is 0 Å². The van der Waals surface area contributed by atoms with E-state index in [-0.39, 0.29) is 5.75 Å². The Morgan fingerprint density at radius 1 is 1.10 bits per heavy atom. The topological polar surface area (TPSA) is 76.1 Å². The van der Waals surface area contributed by atoms with Crippen LogP contribution in [0, 0.1) is 0 Å². The average molecular weight is 290 g/mol. The molecular formula is C14H14N2O3S. The van der Waals surface area contributed by atoms with Gasteiger partial charge in [0, 0.05) is 6.20 Å². The highest BCUT2D eigenvalue weighted by Crippen LogP contribution is 2.08. The van der Waals surface area contributed by atoms with Crippen LogP contribution < -0.4 is 5.32 Å². The summed E-state index contributed by atoms with van der Waals surface area (Å²) in [5.41, 5.74) is 1.15. The second kappa shape index (κ2) is 6.29. The molecule has 0 aliphatic carbocycles. The molecule has 0 unspecified atom stereocenters. The van der Waals surface area contributed by atoms with E-state index in [0.29, 0.717) is 11.3 Å². The van der Waals surface area contributed by atoms with Gasteiger partial charge in [-0.05, 0) is 17.7 Å². The van der Waals surface area contributed by atoms with Gasteiger partial charge < -0.3 is 5.32 Å². The van der Waals surface area contributed by atoms with Crippen molar-refractivity contribution in [3.8, 4) is 0 Å². The zero-order valence-electron chi connectivity index (χ0n) is 10.7. The number of nitrogens with zero attached hydrogens (tertiary/aromatic N) is 1. The third-order valence-corrected chi connectivity index (χ3v) is 4.00. The summed E-state index contributed by atoms with van der Waals surface area (Å²) >= 11 is 0. The van der Waals surface area contributed by atoms with Crippen molar-refractivity contribution in [3.63, 3.8) is 0 Å². The monoisotopic (exact) mass is 290 g/mol. The summed E-state index contributed by atoms with van der Waals surface area (Å²) in [6.45, 7) is 0. The molecule has 1 aromatic carbocycles. The largest absolute Gasteiger partial charge is 0.324 e. The van der Waals surface area contributed by atoms with Crippen molar-refractivity contribution in [2.24, 2.45) is 0 Å². The molecule has 1 N–H and O–H groups in total. The van der Waals surface area contributed by atoms with Gasteiger partial charge >= 0.3 is 0 Å². The van der Waals surface area contributed by atoms with E-state index in [1.54, 1.807) is 42.6 Å². The minimum atomic E-state index is -3.49. The van der Waals surface area contributed by atoms with Crippen LogP contribution in [0.1, 0.15) is 5.56 Å². The number of benzene rings is 1. The molecule has 0 atom stereocenters. The number of sulfone groups is 1. The van der Waals surface area contributed by atoms with Gasteiger partial charge in [0.15, 0.2) is 9.84 Å². The molecule has 0 aliphatic rings.